The van der Waals surface area contributed by atoms with E-state index in [1.165, 1.54) is 41.6 Å². The van der Waals surface area contributed by atoms with Crippen LogP contribution in [0.2, 0.25) is 10.0 Å². The average molecular weight is 428 g/mol. The van der Waals surface area contributed by atoms with E-state index >= 15 is 0 Å². The Morgan fingerprint density at radius 2 is 1.68 bits per heavy atom. The molecule has 0 aliphatic heterocycles. The summed E-state index contributed by atoms with van der Waals surface area (Å²) in [4.78, 5) is 3.85. The van der Waals surface area contributed by atoms with Crippen molar-refractivity contribution < 1.29 is 17.9 Å². The fourth-order valence-corrected chi connectivity index (χ4v) is 3.24. The van der Waals surface area contributed by atoms with E-state index < -0.39 is 11.8 Å². The van der Waals surface area contributed by atoms with E-state index in [9.17, 15) is 13.2 Å². The van der Waals surface area contributed by atoms with Gasteiger partial charge in [0.25, 0.3) is 0 Å². The molecule has 0 radical (unpaired) electrons. The predicted octanol–water partition coefficient (Wildman–Crippen LogP) is 5.69. The molecule has 0 amide bonds. The van der Waals surface area contributed by atoms with Gasteiger partial charge in [0.05, 0.1) is 5.69 Å². The Labute approximate surface area is 169 Å². The van der Waals surface area contributed by atoms with E-state index in [2.05, 4.69) is 10.1 Å². The molecule has 0 saturated heterocycles. The first-order chi connectivity index (χ1) is 13.2. The molecule has 146 valence electrons. The topological polar surface area (TPSA) is 39.9 Å². The highest BCUT2D eigenvalue weighted by Crippen LogP contribution is 2.44. The van der Waals surface area contributed by atoms with E-state index in [0.717, 1.165) is 18.9 Å². The molecule has 0 aliphatic carbocycles. The third-order valence-electron chi connectivity index (χ3n) is 4.12. The van der Waals surface area contributed by atoms with Crippen LogP contribution in [-0.4, -0.2) is 28.1 Å². The van der Waals surface area contributed by atoms with E-state index in [4.69, 9.17) is 27.9 Å². The summed E-state index contributed by atoms with van der Waals surface area (Å²) in [6, 6.07) is 10.5. The quantitative estimate of drug-likeness (QED) is 0.524. The molecule has 1 atom stereocenters. The largest absolute Gasteiger partial charge is 0.425 e. The van der Waals surface area contributed by atoms with Gasteiger partial charge < -0.3 is 4.74 Å². The van der Waals surface area contributed by atoms with Crippen LogP contribution in [0.15, 0.2) is 61.2 Å². The van der Waals surface area contributed by atoms with Crippen molar-refractivity contribution in [2.45, 2.75) is 11.8 Å². The lowest BCUT2D eigenvalue weighted by molar-refractivity contribution is -0.254. The van der Waals surface area contributed by atoms with Gasteiger partial charge in [0.15, 0.2) is 0 Å². The van der Waals surface area contributed by atoms with Crippen molar-refractivity contribution in [3.8, 4) is 5.69 Å². The minimum absolute atomic E-state index is 0.0822. The van der Waals surface area contributed by atoms with Crippen LogP contribution in [0.5, 0.6) is 0 Å². The number of hydrogen-bond acceptors (Lipinski definition) is 3. The number of halogens is 5. The fraction of sp³-hybridized carbons (Fsp3) is 0.158. The van der Waals surface area contributed by atoms with Crippen molar-refractivity contribution in [2.24, 2.45) is 0 Å². The summed E-state index contributed by atoms with van der Waals surface area (Å²) in [7, 11) is 0.987. The summed E-state index contributed by atoms with van der Waals surface area (Å²) in [5, 5.41) is 4.16. The first kappa shape index (κ1) is 20.4. The molecule has 28 heavy (non-hydrogen) atoms. The maximum Gasteiger partial charge on any atom is 0.425 e. The lowest BCUT2D eigenvalue weighted by Crippen LogP contribution is -2.42. The molecule has 0 bridgehead atoms. The van der Waals surface area contributed by atoms with Crippen LogP contribution in [0.4, 0.5) is 13.2 Å². The molecule has 0 spiro atoms. The fourth-order valence-electron chi connectivity index (χ4n) is 2.72. The van der Waals surface area contributed by atoms with Gasteiger partial charge in [0, 0.05) is 17.2 Å². The molecule has 2 aromatic carbocycles. The molecule has 9 heteroatoms. The summed E-state index contributed by atoms with van der Waals surface area (Å²) in [6.45, 7) is 0. The third kappa shape index (κ3) is 4.06. The normalized spacial score (nSPS) is 14.4. The number of methoxy groups -OCH3 is 1. The van der Waals surface area contributed by atoms with Gasteiger partial charge in [-0.25, -0.2) is 9.67 Å². The van der Waals surface area contributed by atoms with Crippen molar-refractivity contribution in [2.75, 3.05) is 7.11 Å². The summed E-state index contributed by atoms with van der Waals surface area (Å²) >= 11 is 11.8. The van der Waals surface area contributed by atoms with Gasteiger partial charge in [0.1, 0.15) is 12.7 Å². The zero-order chi connectivity index (χ0) is 20.4. The third-order valence-corrected chi connectivity index (χ3v) is 4.56. The van der Waals surface area contributed by atoms with Crippen LogP contribution in [0.25, 0.3) is 11.8 Å². The molecule has 0 N–H and O–H groups in total. The summed E-state index contributed by atoms with van der Waals surface area (Å²) < 4.78 is 48.5. The second kappa shape index (κ2) is 7.95. The van der Waals surface area contributed by atoms with Crippen molar-refractivity contribution in [1.29, 1.82) is 0 Å². The second-order valence-corrected chi connectivity index (χ2v) is 6.73. The Morgan fingerprint density at radius 3 is 2.18 bits per heavy atom. The molecule has 1 aromatic heterocycles. The van der Waals surface area contributed by atoms with Gasteiger partial charge in [-0.05, 0) is 47.5 Å². The molecule has 0 saturated carbocycles. The van der Waals surface area contributed by atoms with Gasteiger partial charge in [-0.2, -0.15) is 18.3 Å². The van der Waals surface area contributed by atoms with E-state index in [1.807, 2.05) is 0 Å². The lowest BCUT2D eigenvalue weighted by atomic mass is 9.91. The number of nitrogens with zero attached hydrogens (tertiary/aromatic N) is 3. The molecule has 4 nitrogen and oxygen atoms in total. The molecule has 1 unspecified atom stereocenters. The first-order valence-electron chi connectivity index (χ1n) is 7.98. The number of alkyl halides is 3. The highest BCUT2D eigenvalue weighted by molar-refractivity contribution is 6.34. The number of aromatic nitrogens is 3. The van der Waals surface area contributed by atoms with Crippen LogP contribution in [-0.2, 0) is 10.3 Å². The highest BCUT2D eigenvalue weighted by atomic mass is 35.5. The summed E-state index contributed by atoms with van der Waals surface area (Å²) in [6.07, 6.45) is 0.441. The second-order valence-electron chi connectivity index (χ2n) is 5.86. The maximum atomic E-state index is 14.0. The van der Waals surface area contributed by atoms with Crippen LogP contribution >= 0.6 is 23.2 Å². The highest BCUT2D eigenvalue weighted by Gasteiger charge is 2.55. The van der Waals surface area contributed by atoms with E-state index in [0.29, 0.717) is 5.56 Å². The van der Waals surface area contributed by atoms with Crippen molar-refractivity contribution in [3.05, 3.63) is 82.4 Å². The first-order valence-corrected chi connectivity index (χ1v) is 8.73. The predicted molar refractivity (Wildman–Crippen MR) is 102 cm³/mol. The lowest BCUT2D eigenvalue weighted by Gasteiger charge is -2.32. The number of rotatable bonds is 5. The summed E-state index contributed by atoms with van der Waals surface area (Å²) in [5.74, 6) is 0. The molecule has 0 fully saturated rings. The number of hydrogen-bond donors (Lipinski definition) is 0. The van der Waals surface area contributed by atoms with Gasteiger partial charge in [0.2, 0.25) is 5.60 Å². The van der Waals surface area contributed by atoms with Crippen LogP contribution < -0.4 is 0 Å². The van der Waals surface area contributed by atoms with Gasteiger partial charge in [-0.3, -0.25) is 0 Å². The molecule has 3 aromatic rings. The molecular formula is C19H14Cl2F3N3O. The summed E-state index contributed by atoms with van der Waals surface area (Å²) in [5.41, 5.74) is -1.64. The average Bonchev–Trinajstić information content (AvgIpc) is 3.16. The Kier molecular flexibility index (Phi) is 5.79. The number of ether oxygens (including phenoxy) is 1. The minimum atomic E-state index is -4.74. The number of benzene rings is 2. The van der Waals surface area contributed by atoms with Gasteiger partial charge >= 0.3 is 6.18 Å². The van der Waals surface area contributed by atoms with E-state index in [-0.39, 0.29) is 15.6 Å². The Hall–Kier alpha value is -2.35. The van der Waals surface area contributed by atoms with Crippen LogP contribution in [0, 0.1) is 0 Å². The molecular weight excluding hydrogens is 414 g/mol. The van der Waals surface area contributed by atoms with Crippen LogP contribution in [0.1, 0.15) is 11.1 Å². The van der Waals surface area contributed by atoms with Gasteiger partial charge in [-0.15, -0.1) is 0 Å². The molecule has 1 heterocycles. The molecule has 0 aliphatic rings. The van der Waals surface area contributed by atoms with Gasteiger partial charge in [-0.1, -0.05) is 41.4 Å². The maximum absolute atomic E-state index is 14.0. The molecule has 3 rings (SSSR count). The Morgan fingerprint density at radius 1 is 1.04 bits per heavy atom. The zero-order valence-corrected chi connectivity index (χ0v) is 16.0. The van der Waals surface area contributed by atoms with Crippen molar-refractivity contribution in [1.82, 2.24) is 14.8 Å². The Balaban J connectivity index is 2.00. The van der Waals surface area contributed by atoms with E-state index in [1.54, 1.807) is 24.3 Å². The SMILES string of the molecule is COC(C=Cc1ccc(-n2cncn2)cc1)(c1cc(Cl)cc(Cl)c1)C(F)(F)F. The zero-order valence-electron chi connectivity index (χ0n) is 14.5. The smallest absolute Gasteiger partial charge is 0.360 e. The van der Waals surface area contributed by atoms with Crippen molar-refractivity contribution in [3.63, 3.8) is 0 Å². The minimum Gasteiger partial charge on any atom is -0.360 e. The monoisotopic (exact) mass is 427 g/mol. The van der Waals surface area contributed by atoms with Crippen molar-refractivity contribution >= 4 is 29.3 Å². The Bertz CT molecular complexity index is 953. The van der Waals surface area contributed by atoms with Crippen LogP contribution in [0.3, 0.4) is 0 Å². The standard InChI is InChI=1S/C19H14Cl2F3N3O/c1-28-18(19(22,23)24,14-8-15(20)10-16(21)9-14)7-6-13-2-4-17(5-3-13)27-12-25-11-26-27/h2-12H,1H3.